The number of hydrogen-bond donors (Lipinski definition) is 1. The van der Waals surface area contributed by atoms with E-state index in [1.807, 2.05) is 32.9 Å². The lowest BCUT2D eigenvalue weighted by Crippen LogP contribution is -2.28. The van der Waals surface area contributed by atoms with E-state index >= 15 is 0 Å². The third-order valence-electron chi connectivity index (χ3n) is 4.87. The first-order chi connectivity index (χ1) is 13.7. The van der Waals surface area contributed by atoms with Gasteiger partial charge in [0.15, 0.2) is 6.61 Å². The molecule has 0 bridgehead atoms. The summed E-state index contributed by atoms with van der Waals surface area (Å²) in [6, 6.07) is 10.8. The maximum absolute atomic E-state index is 12.4. The molecule has 0 unspecified atom stereocenters. The van der Waals surface area contributed by atoms with E-state index in [9.17, 15) is 14.4 Å². The molecule has 2 amide bonds. The van der Waals surface area contributed by atoms with E-state index < -0.39 is 24.4 Å². The Morgan fingerprint density at radius 2 is 1.86 bits per heavy atom. The zero-order chi connectivity index (χ0) is 21.1. The van der Waals surface area contributed by atoms with Crippen LogP contribution in [-0.4, -0.2) is 30.9 Å². The maximum Gasteiger partial charge on any atom is 0.311 e. The number of hydrogen-bond acceptors (Lipinski definition) is 4. The maximum atomic E-state index is 12.4. The van der Waals surface area contributed by atoms with Crippen molar-refractivity contribution in [2.75, 3.05) is 23.4 Å². The van der Waals surface area contributed by atoms with Gasteiger partial charge in [-0.05, 0) is 50.1 Å². The highest BCUT2D eigenvalue weighted by Crippen LogP contribution is 2.28. The van der Waals surface area contributed by atoms with Crippen LogP contribution in [0.2, 0.25) is 5.02 Å². The molecule has 7 heteroatoms. The fourth-order valence-corrected chi connectivity index (χ4v) is 3.75. The molecule has 0 radical (unpaired) electrons. The van der Waals surface area contributed by atoms with Crippen LogP contribution in [-0.2, 0) is 19.1 Å². The summed E-state index contributed by atoms with van der Waals surface area (Å²) < 4.78 is 5.16. The Bertz CT molecular complexity index is 950. The van der Waals surface area contributed by atoms with Crippen molar-refractivity contribution in [3.8, 4) is 0 Å². The van der Waals surface area contributed by atoms with Crippen molar-refractivity contribution in [3.63, 3.8) is 0 Å². The minimum atomic E-state index is -0.614. The molecule has 0 saturated carbocycles. The van der Waals surface area contributed by atoms with Gasteiger partial charge in [0.25, 0.3) is 5.91 Å². The monoisotopic (exact) mass is 414 g/mol. The Labute approximate surface area is 174 Å². The Hall–Kier alpha value is -2.86. The molecule has 1 aliphatic heterocycles. The Kier molecular flexibility index (Phi) is 6.23. The molecule has 0 aromatic heterocycles. The molecule has 1 N–H and O–H groups in total. The summed E-state index contributed by atoms with van der Waals surface area (Å²) in [4.78, 5) is 38.4. The Balaban J connectivity index is 1.56. The molecule has 6 nitrogen and oxygen atoms in total. The lowest BCUT2D eigenvalue weighted by atomic mass is 10.1. The average molecular weight is 415 g/mol. The van der Waals surface area contributed by atoms with E-state index in [0.717, 1.165) is 22.4 Å². The standard InChI is InChI=1S/C22H23ClN2O4/c1-13-7-14(2)21(15(3)8-13)24-19(26)12-29-22(28)16-9-20(27)25(11-16)18-6-4-5-17(23)10-18/h4-8,10,16H,9,11-12H2,1-3H3,(H,24,26)/t16-/m1/s1. The van der Waals surface area contributed by atoms with E-state index in [2.05, 4.69) is 5.32 Å². The van der Waals surface area contributed by atoms with Crippen molar-refractivity contribution in [1.29, 1.82) is 0 Å². The number of anilines is 2. The summed E-state index contributed by atoms with van der Waals surface area (Å²) in [5.74, 6) is -1.76. The number of nitrogens with zero attached hydrogens (tertiary/aromatic N) is 1. The lowest BCUT2D eigenvalue weighted by Gasteiger charge is -2.17. The van der Waals surface area contributed by atoms with Crippen LogP contribution in [0.5, 0.6) is 0 Å². The van der Waals surface area contributed by atoms with E-state index in [1.165, 1.54) is 4.90 Å². The molecule has 1 heterocycles. The number of esters is 1. The molecule has 3 rings (SSSR count). The van der Waals surface area contributed by atoms with Gasteiger partial charge in [-0.3, -0.25) is 14.4 Å². The van der Waals surface area contributed by atoms with Crippen molar-refractivity contribution in [1.82, 2.24) is 0 Å². The normalized spacial score (nSPS) is 16.1. The summed E-state index contributed by atoms with van der Waals surface area (Å²) in [6.07, 6.45) is 0.0448. The highest BCUT2D eigenvalue weighted by Gasteiger charge is 2.36. The molecule has 152 valence electrons. The Morgan fingerprint density at radius 1 is 1.17 bits per heavy atom. The number of carbonyl (C=O) groups is 3. The fourth-order valence-electron chi connectivity index (χ4n) is 3.57. The summed E-state index contributed by atoms with van der Waals surface area (Å²) >= 11 is 5.98. The van der Waals surface area contributed by atoms with Crippen LogP contribution in [0.1, 0.15) is 23.1 Å². The molecular formula is C22H23ClN2O4. The second-order valence-corrected chi connectivity index (χ2v) is 7.75. The number of halogens is 1. The SMILES string of the molecule is Cc1cc(C)c(NC(=O)COC(=O)[C@@H]2CC(=O)N(c3cccc(Cl)c3)C2)c(C)c1. The number of amides is 2. The van der Waals surface area contributed by atoms with Crippen LogP contribution in [0.3, 0.4) is 0 Å². The quantitative estimate of drug-likeness (QED) is 0.755. The van der Waals surface area contributed by atoms with Crippen LogP contribution in [0.4, 0.5) is 11.4 Å². The molecule has 2 aromatic carbocycles. The Morgan fingerprint density at radius 3 is 2.52 bits per heavy atom. The van der Waals surface area contributed by atoms with Crippen LogP contribution in [0.25, 0.3) is 0 Å². The molecule has 1 aliphatic rings. The van der Waals surface area contributed by atoms with Gasteiger partial charge in [0, 0.05) is 29.4 Å². The third-order valence-corrected chi connectivity index (χ3v) is 5.10. The number of ether oxygens (including phenoxy) is 1. The van der Waals surface area contributed by atoms with Crippen molar-refractivity contribution in [2.24, 2.45) is 5.92 Å². The zero-order valence-electron chi connectivity index (χ0n) is 16.6. The highest BCUT2D eigenvalue weighted by molar-refractivity contribution is 6.31. The van der Waals surface area contributed by atoms with E-state index in [4.69, 9.17) is 16.3 Å². The zero-order valence-corrected chi connectivity index (χ0v) is 17.4. The first kappa shape index (κ1) is 20.9. The first-order valence-corrected chi connectivity index (χ1v) is 9.72. The fraction of sp³-hybridized carbons (Fsp3) is 0.318. The first-order valence-electron chi connectivity index (χ1n) is 9.35. The molecule has 1 atom stereocenters. The van der Waals surface area contributed by atoms with Gasteiger partial charge in [0.05, 0.1) is 5.92 Å². The predicted molar refractivity (Wildman–Crippen MR) is 112 cm³/mol. The van der Waals surface area contributed by atoms with Gasteiger partial charge in [0.1, 0.15) is 0 Å². The molecule has 1 saturated heterocycles. The minimum absolute atomic E-state index is 0.0448. The molecular weight excluding hydrogens is 392 g/mol. The van der Waals surface area contributed by atoms with Crippen LogP contribution < -0.4 is 10.2 Å². The van der Waals surface area contributed by atoms with Crippen LogP contribution in [0, 0.1) is 26.7 Å². The summed E-state index contributed by atoms with van der Waals surface area (Å²) in [5, 5.41) is 3.31. The molecule has 1 fully saturated rings. The number of rotatable bonds is 5. The van der Waals surface area contributed by atoms with Gasteiger partial charge in [-0.1, -0.05) is 35.4 Å². The molecule has 2 aromatic rings. The largest absolute Gasteiger partial charge is 0.455 e. The van der Waals surface area contributed by atoms with E-state index in [1.54, 1.807) is 24.3 Å². The minimum Gasteiger partial charge on any atom is -0.455 e. The van der Waals surface area contributed by atoms with Gasteiger partial charge in [-0.25, -0.2) is 0 Å². The second-order valence-electron chi connectivity index (χ2n) is 7.31. The van der Waals surface area contributed by atoms with E-state index in [-0.39, 0.29) is 18.9 Å². The summed E-state index contributed by atoms with van der Waals surface area (Å²) in [5.41, 5.74) is 4.36. The van der Waals surface area contributed by atoms with Crippen LogP contribution >= 0.6 is 11.6 Å². The summed E-state index contributed by atoms with van der Waals surface area (Å²) in [7, 11) is 0. The van der Waals surface area contributed by atoms with Gasteiger partial charge in [-0.2, -0.15) is 0 Å². The van der Waals surface area contributed by atoms with E-state index in [0.29, 0.717) is 10.7 Å². The predicted octanol–water partition coefficient (Wildman–Crippen LogP) is 3.80. The number of benzene rings is 2. The van der Waals surface area contributed by atoms with Gasteiger partial charge in [0.2, 0.25) is 5.91 Å². The van der Waals surface area contributed by atoms with Gasteiger partial charge < -0.3 is 15.0 Å². The van der Waals surface area contributed by atoms with Crippen LogP contribution in [0.15, 0.2) is 36.4 Å². The highest BCUT2D eigenvalue weighted by atomic mass is 35.5. The third kappa shape index (κ3) is 4.95. The van der Waals surface area contributed by atoms with Gasteiger partial charge in [-0.15, -0.1) is 0 Å². The average Bonchev–Trinajstić information content (AvgIpc) is 3.04. The topological polar surface area (TPSA) is 75.7 Å². The molecule has 0 spiro atoms. The van der Waals surface area contributed by atoms with Crippen molar-refractivity contribution >= 4 is 40.8 Å². The number of carbonyl (C=O) groups excluding carboxylic acids is 3. The number of aryl methyl sites for hydroxylation is 3. The van der Waals surface area contributed by atoms with Crippen molar-refractivity contribution in [3.05, 3.63) is 58.1 Å². The van der Waals surface area contributed by atoms with Crippen molar-refractivity contribution < 1.29 is 19.1 Å². The lowest BCUT2D eigenvalue weighted by molar-refractivity contribution is -0.151. The molecule has 29 heavy (non-hydrogen) atoms. The smallest absolute Gasteiger partial charge is 0.311 e. The van der Waals surface area contributed by atoms with Crippen molar-refractivity contribution in [2.45, 2.75) is 27.2 Å². The summed E-state index contributed by atoms with van der Waals surface area (Å²) in [6.45, 7) is 5.62. The molecule has 0 aliphatic carbocycles. The second kappa shape index (κ2) is 8.66. The number of nitrogens with one attached hydrogen (secondary N) is 1. The van der Waals surface area contributed by atoms with Gasteiger partial charge >= 0.3 is 5.97 Å².